The van der Waals surface area contributed by atoms with Crippen LogP contribution in [0.4, 0.5) is 0 Å². The van der Waals surface area contributed by atoms with Gasteiger partial charge < -0.3 is 20.1 Å². The molecule has 27 heavy (non-hydrogen) atoms. The van der Waals surface area contributed by atoms with Crippen molar-refractivity contribution in [1.29, 1.82) is 0 Å². The molecule has 2 saturated carbocycles. The van der Waals surface area contributed by atoms with E-state index in [1.165, 1.54) is 77.0 Å². The van der Waals surface area contributed by atoms with Gasteiger partial charge in [0.15, 0.2) is 5.96 Å². The molecule has 0 aromatic heterocycles. The Balaban J connectivity index is 1.52. The van der Waals surface area contributed by atoms with Gasteiger partial charge >= 0.3 is 0 Å². The lowest BCUT2D eigenvalue weighted by Crippen LogP contribution is -2.43. The molecule has 0 atom stereocenters. The minimum atomic E-state index is 0.393. The second-order valence-electron chi connectivity index (χ2n) is 8.49. The van der Waals surface area contributed by atoms with E-state index in [1.54, 1.807) is 7.11 Å². The number of hydrogen-bond acceptors (Lipinski definition) is 3. The SMILES string of the molecule is CN=C(NCCCCCOC1CCCCC1)NCC1(CCOC)CCCC1. The monoisotopic (exact) mass is 381 g/mol. The van der Waals surface area contributed by atoms with Crippen molar-refractivity contribution in [3.05, 3.63) is 0 Å². The standard InChI is InChI=1S/C22H43N3O2/c1-23-21(25-19-22(15-18-26-2)13-7-8-14-22)24-16-9-4-10-17-27-20-11-5-3-6-12-20/h20H,3-19H2,1-2H3,(H2,23,24,25). The summed E-state index contributed by atoms with van der Waals surface area (Å²) in [7, 11) is 3.67. The van der Waals surface area contributed by atoms with Crippen molar-refractivity contribution in [2.45, 2.75) is 89.6 Å². The summed E-state index contributed by atoms with van der Waals surface area (Å²) in [6, 6.07) is 0. The largest absolute Gasteiger partial charge is 0.385 e. The molecule has 0 aromatic carbocycles. The Morgan fingerprint density at radius 1 is 0.963 bits per heavy atom. The lowest BCUT2D eigenvalue weighted by molar-refractivity contribution is 0.0264. The lowest BCUT2D eigenvalue weighted by atomic mass is 9.83. The highest BCUT2D eigenvalue weighted by Gasteiger charge is 2.33. The number of unbranched alkanes of at least 4 members (excludes halogenated alkanes) is 2. The van der Waals surface area contributed by atoms with Crippen LogP contribution in [-0.2, 0) is 9.47 Å². The summed E-state index contributed by atoms with van der Waals surface area (Å²) in [5, 5.41) is 7.04. The molecule has 2 rings (SSSR count). The van der Waals surface area contributed by atoms with Crippen molar-refractivity contribution < 1.29 is 9.47 Å². The van der Waals surface area contributed by atoms with Crippen LogP contribution in [0.1, 0.15) is 83.5 Å². The normalized spacial score (nSPS) is 20.7. The average molecular weight is 382 g/mol. The fourth-order valence-corrected chi connectivity index (χ4v) is 4.54. The topological polar surface area (TPSA) is 54.9 Å². The summed E-state index contributed by atoms with van der Waals surface area (Å²) in [5.41, 5.74) is 0.393. The number of ether oxygens (including phenoxy) is 2. The number of guanidine groups is 1. The van der Waals surface area contributed by atoms with Crippen molar-refractivity contribution in [1.82, 2.24) is 10.6 Å². The van der Waals surface area contributed by atoms with Gasteiger partial charge in [-0.3, -0.25) is 4.99 Å². The summed E-state index contributed by atoms with van der Waals surface area (Å²) in [6.07, 6.45) is 17.2. The van der Waals surface area contributed by atoms with Crippen molar-refractivity contribution in [2.24, 2.45) is 10.4 Å². The number of nitrogens with zero attached hydrogens (tertiary/aromatic N) is 1. The van der Waals surface area contributed by atoms with Crippen molar-refractivity contribution in [3.8, 4) is 0 Å². The van der Waals surface area contributed by atoms with E-state index in [1.807, 2.05) is 7.05 Å². The molecule has 0 amide bonds. The summed E-state index contributed by atoms with van der Waals surface area (Å²) in [4.78, 5) is 4.39. The van der Waals surface area contributed by atoms with Crippen LogP contribution in [-0.4, -0.2) is 52.5 Å². The van der Waals surface area contributed by atoms with E-state index in [4.69, 9.17) is 9.47 Å². The van der Waals surface area contributed by atoms with Gasteiger partial charge in [-0.15, -0.1) is 0 Å². The highest BCUT2D eigenvalue weighted by Crippen LogP contribution is 2.40. The van der Waals surface area contributed by atoms with Gasteiger partial charge in [0.05, 0.1) is 6.10 Å². The average Bonchev–Trinajstić information content (AvgIpc) is 3.18. The Morgan fingerprint density at radius 3 is 2.44 bits per heavy atom. The van der Waals surface area contributed by atoms with Crippen LogP contribution in [0.15, 0.2) is 4.99 Å². The van der Waals surface area contributed by atoms with Gasteiger partial charge in [0.25, 0.3) is 0 Å². The molecule has 0 heterocycles. The molecule has 0 spiro atoms. The van der Waals surface area contributed by atoms with E-state index in [0.717, 1.165) is 38.7 Å². The molecule has 2 aliphatic carbocycles. The fourth-order valence-electron chi connectivity index (χ4n) is 4.54. The first kappa shape index (κ1) is 22.5. The van der Waals surface area contributed by atoms with Crippen LogP contribution in [0.2, 0.25) is 0 Å². The van der Waals surface area contributed by atoms with E-state index in [0.29, 0.717) is 11.5 Å². The Morgan fingerprint density at radius 2 is 1.74 bits per heavy atom. The molecule has 2 fully saturated rings. The van der Waals surface area contributed by atoms with Crippen LogP contribution >= 0.6 is 0 Å². The molecule has 0 radical (unpaired) electrons. The third-order valence-electron chi connectivity index (χ3n) is 6.37. The molecule has 0 saturated heterocycles. The predicted octanol–water partition coefficient (Wildman–Crippen LogP) is 4.27. The summed E-state index contributed by atoms with van der Waals surface area (Å²) < 4.78 is 11.3. The van der Waals surface area contributed by atoms with Gasteiger partial charge in [-0.05, 0) is 56.8 Å². The van der Waals surface area contributed by atoms with E-state index >= 15 is 0 Å². The molecule has 0 unspecified atom stereocenters. The van der Waals surface area contributed by atoms with Crippen LogP contribution in [0, 0.1) is 5.41 Å². The Hall–Kier alpha value is -0.810. The van der Waals surface area contributed by atoms with Gasteiger partial charge in [0, 0.05) is 40.5 Å². The molecule has 2 aliphatic rings. The Labute approximate surface area is 167 Å². The van der Waals surface area contributed by atoms with Crippen molar-refractivity contribution >= 4 is 5.96 Å². The number of methoxy groups -OCH3 is 1. The molecular formula is C22H43N3O2. The zero-order chi connectivity index (χ0) is 19.2. The second kappa shape index (κ2) is 13.4. The Bertz CT molecular complexity index is 402. The molecule has 5 heteroatoms. The highest BCUT2D eigenvalue weighted by atomic mass is 16.5. The number of aliphatic imine (C=N–C) groups is 1. The predicted molar refractivity (Wildman–Crippen MR) is 113 cm³/mol. The first-order chi connectivity index (χ1) is 13.3. The lowest BCUT2D eigenvalue weighted by Gasteiger charge is -2.30. The van der Waals surface area contributed by atoms with E-state index < -0.39 is 0 Å². The number of nitrogens with one attached hydrogen (secondary N) is 2. The summed E-state index contributed by atoms with van der Waals surface area (Å²) >= 11 is 0. The van der Waals surface area contributed by atoms with Crippen LogP contribution in [0.3, 0.4) is 0 Å². The van der Waals surface area contributed by atoms with E-state index in [-0.39, 0.29) is 0 Å². The van der Waals surface area contributed by atoms with Crippen molar-refractivity contribution in [3.63, 3.8) is 0 Å². The van der Waals surface area contributed by atoms with Gasteiger partial charge in [-0.1, -0.05) is 32.1 Å². The highest BCUT2D eigenvalue weighted by molar-refractivity contribution is 5.79. The molecule has 0 bridgehead atoms. The molecule has 158 valence electrons. The summed E-state index contributed by atoms with van der Waals surface area (Å²) in [5.74, 6) is 0.942. The Kier molecular flexibility index (Phi) is 11.1. The molecule has 2 N–H and O–H groups in total. The molecule has 0 aromatic rings. The maximum Gasteiger partial charge on any atom is 0.190 e. The van der Waals surface area contributed by atoms with Gasteiger partial charge in [0.2, 0.25) is 0 Å². The maximum atomic E-state index is 6.00. The second-order valence-corrected chi connectivity index (χ2v) is 8.49. The van der Waals surface area contributed by atoms with Gasteiger partial charge in [-0.25, -0.2) is 0 Å². The number of hydrogen-bond donors (Lipinski definition) is 2. The zero-order valence-corrected chi connectivity index (χ0v) is 17.9. The molecule has 0 aliphatic heterocycles. The minimum Gasteiger partial charge on any atom is -0.385 e. The minimum absolute atomic E-state index is 0.393. The third-order valence-corrected chi connectivity index (χ3v) is 6.37. The van der Waals surface area contributed by atoms with Crippen molar-refractivity contribution in [2.75, 3.05) is 40.5 Å². The fraction of sp³-hybridized carbons (Fsp3) is 0.955. The maximum absolute atomic E-state index is 6.00. The van der Waals surface area contributed by atoms with Crippen LogP contribution in [0.5, 0.6) is 0 Å². The van der Waals surface area contributed by atoms with E-state index in [2.05, 4.69) is 15.6 Å². The van der Waals surface area contributed by atoms with Gasteiger partial charge in [-0.2, -0.15) is 0 Å². The quantitative estimate of drug-likeness (QED) is 0.301. The third kappa shape index (κ3) is 8.82. The van der Waals surface area contributed by atoms with Crippen LogP contribution < -0.4 is 10.6 Å². The van der Waals surface area contributed by atoms with Crippen LogP contribution in [0.25, 0.3) is 0 Å². The number of rotatable bonds is 12. The van der Waals surface area contributed by atoms with E-state index in [9.17, 15) is 0 Å². The summed E-state index contributed by atoms with van der Waals surface area (Å²) in [6.45, 7) is 3.77. The zero-order valence-electron chi connectivity index (χ0n) is 17.9. The smallest absolute Gasteiger partial charge is 0.190 e. The molecule has 5 nitrogen and oxygen atoms in total. The molecular weight excluding hydrogens is 338 g/mol. The first-order valence-electron chi connectivity index (χ1n) is 11.3. The first-order valence-corrected chi connectivity index (χ1v) is 11.3. The van der Waals surface area contributed by atoms with Gasteiger partial charge in [0.1, 0.15) is 0 Å².